The molecule has 7 nitrogen and oxygen atoms in total. The van der Waals surface area contributed by atoms with Gasteiger partial charge in [0.2, 0.25) is 10.0 Å². The summed E-state index contributed by atoms with van der Waals surface area (Å²) in [6, 6.07) is 6.22. The molecule has 3 rings (SSSR count). The quantitative estimate of drug-likeness (QED) is 0.872. The average molecular weight is 388 g/mol. The Balaban J connectivity index is 1.76. The van der Waals surface area contributed by atoms with Crippen LogP contribution in [-0.2, 0) is 16.3 Å². The molecule has 1 N–H and O–H groups in total. The molecule has 0 atom stereocenters. The Morgan fingerprint density at radius 2 is 1.69 bits per heavy atom. The van der Waals surface area contributed by atoms with E-state index in [9.17, 15) is 26.4 Å². The van der Waals surface area contributed by atoms with E-state index in [1.807, 2.05) is 0 Å². The van der Waals surface area contributed by atoms with Gasteiger partial charge in [-0.2, -0.15) is 14.1 Å². The number of nitrogens with zero attached hydrogens (tertiary/aromatic N) is 3. The summed E-state index contributed by atoms with van der Waals surface area (Å²) < 4.78 is 64.1. The Morgan fingerprint density at radius 1 is 1.08 bits per heavy atom. The number of aromatic nitrogens is 2. The van der Waals surface area contributed by atoms with Crippen LogP contribution < -0.4 is 5.32 Å². The predicted octanol–water partition coefficient (Wildman–Crippen LogP) is 2.40. The third-order valence-corrected chi connectivity index (χ3v) is 5.84. The van der Waals surface area contributed by atoms with Crippen LogP contribution in [0.2, 0.25) is 0 Å². The van der Waals surface area contributed by atoms with Gasteiger partial charge < -0.3 is 5.32 Å². The molecule has 0 aliphatic carbocycles. The van der Waals surface area contributed by atoms with E-state index >= 15 is 0 Å². The summed E-state index contributed by atoms with van der Waals surface area (Å²) in [5.41, 5.74) is -0.503. The minimum Gasteiger partial charge on any atom is -0.321 e. The highest BCUT2D eigenvalue weighted by atomic mass is 32.2. The van der Waals surface area contributed by atoms with Crippen molar-refractivity contribution in [3.63, 3.8) is 0 Å². The van der Waals surface area contributed by atoms with E-state index in [4.69, 9.17) is 0 Å². The van der Waals surface area contributed by atoms with Gasteiger partial charge in [0.1, 0.15) is 5.69 Å². The summed E-state index contributed by atoms with van der Waals surface area (Å²) in [6.45, 7) is 0.921. The van der Waals surface area contributed by atoms with Gasteiger partial charge in [0, 0.05) is 18.8 Å². The highest BCUT2D eigenvalue weighted by molar-refractivity contribution is 7.89. The molecule has 1 aromatic heterocycles. The van der Waals surface area contributed by atoms with Gasteiger partial charge in [-0.3, -0.25) is 4.79 Å². The van der Waals surface area contributed by atoms with Crippen molar-refractivity contribution in [3.8, 4) is 0 Å². The normalized spacial score (nSPS) is 16.0. The second-order valence-electron chi connectivity index (χ2n) is 5.69. The fraction of sp³-hybridized carbons (Fsp3) is 0.333. The molecule has 0 bridgehead atoms. The molecule has 1 amide bonds. The molecule has 1 aromatic carbocycles. The lowest BCUT2D eigenvalue weighted by molar-refractivity contribution is -0.212. The second-order valence-corrected chi connectivity index (χ2v) is 7.62. The SMILES string of the molecule is O=C(Nc1ccc(S(=O)(=O)N2CCCC2)cc1)c1ccnn1C(F)(F)F. The first kappa shape index (κ1) is 18.4. The van der Waals surface area contributed by atoms with Crippen molar-refractivity contribution in [3.05, 3.63) is 42.2 Å². The predicted molar refractivity (Wildman–Crippen MR) is 85.9 cm³/mol. The lowest BCUT2D eigenvalue weighted by Gasteiger charge is -2.15. The van der Waals surface area contributed by atoms with Crippen molar-refractivity contribution >= 4 is 21.6 Å². The fourth-order valence-corrected chi connectivity index (χ4v) is 4.18. The third-order valence-electron chi connectivity index (χ3n) is 3.93. The van der Waals surface area contributed by atoms with Crippen LogP contribution in [-0.4, -0.2) is 41.5 Å². The Hall–Kier alpha value is -2.40. The highest BCUT2D eigenvalue weighted by Crippen LogP contribution is 2.25. The van der Waals surface area contributed by atoms with Gasteiger partial charge in [-0.25, -0.2) is 8.42 Å². The number of carbonyl (C=O) groups excluding carboxylic acids is 1. The van der Waals surface area contributed by atoms with Crippen LogP contribution in [0.25, 0.3) is 0 Å². The monoisotopic (exact) mass is 388 g/mol. The maximum absolute atomic E-state index is 12.8. The summed E-state index contributed by atoms with van der Waals surface area (Å²) in [6.07, 6.45) is -2.33. The van der Waals surface area contributed by atoms with Gasteiger partial charge in [0.05, 0.1) is 11.1 Å². The van der Waals surface area contributed by atoms with Crippen LogP contribution in [0.5, 0.6) is 0 Å². The van der Waals surface area contributed by atoms with Crippen molar-refractivity contribution in [1.82, 2.24) is 14.1 Å². The maximum Gasteiger partial charge on any atom is 0.505 e. The van der Waals surface area contributed by atoms with Crippen molar-refractivity contribution in [2.45, 2.75) is 24.0 Å². The average Bonchev–Trinajstić information content (AvgIpc) is 3.26. The van der Waals surface area contributed by atoms with E-state index in [-0.39, 0.29) is 15.3 Å². The van der Waals surface area contributed by atoms with Gasteiger partial charge in [0.15, 0.2) is 0 Å². The lowest BCUT2D eigenvalue weighted by Crippen LogP contribution is -2.28. The molecule has 0 unspecified atom stereocenters. The molecule has 0 saturated carbocycles. The van der Waals surface area contributed by atoms with E-state index in [0.717, 1.165) is 25.1 Å². The summed E-state index contributed by atoms with van der Waals surface area (Å²) in [5.74, 6) is -1.00. The summed E-state index contributed by atoms with van der Waals surface area (Å²) in [7, 11) is -3.60. The summed E-state index contributed by atoms with van der Waals surface area (Å²) >= 11 is 0. The third kappa shape index (κ3) is 3.58. The van der Waals surface area contributed by atoms with Crippen LogP contribution in [0.4, 0.5) is 18.9 Å². The van der Waals surface area contributed by atoms with Crippen molar-refractivity contribution < 1.29 is 26.4 Å². The summed E-state index contributed by atoms with van der Waals surface area (Å²) in [4.78, 5) is 12.1. The van der Waals surface area contributed by atoms with E-state index in [0.29, 0.717) is 13.1 Å². The fourth-order valence-electron chi connectivity index (χ4n) is 2.66. The lowest BCUT2D eigenvalue weighted by atomic mass is 10.3. The Labute approximate surface area is 147 Å². The van der Waals surface area contributed by atoms with Crippen molar-refractivity contribution in [1.29, 1.82) is 0 Å². The van der Waals surface area contributed by atoms with Crippen LogP contribution in [0.1, 0.15) is 23.3 Å². The molecule has 1 saturated heterocycles. The number of hydrogen-bond acceptors (Lipinski definition) is 4. The van der Waals surface area contributed by atoms with E-state index in [2.05, 4.69) is 10.4 Å². The number of nitrogens with one attached hydrogen (secondary N) is 1. The zero-order valence-electron chi connectivity index (χ0n) is 13.4. The number of halogens is 3. The Bertz CT molecular complexity index is 901. The molecular weight excluding hydrogens is 373 g/mol. The largest absolute Gasteiger partial charge is 0.505 e. The van der Waals surface area contributed by atoms with Gasteiger partial charge >= 0.3 is 6.30 Å². The second kappa shape index (κ2) is 6.72. The first-order valence-electron chi connectivity index (χ1n) is 7.72. The topological polar surface area (TPSA) is 84.3 Å². The molecule has 1 aliphatic heterocycles. The molecule has 0 radical (unpaired) electrons. The van der Waals surface area contributed by atoms with Crippen molar-refractivity contribution in [2.75, 3.05) is 18.4 Å². The van der Waals surface area contributed by atoms with Crippen molar-refractivity contribution in [2.24, 2.45) is 0 Å². The van der Waals surface area contributed by atoms with E-state index in [1.165, 1.54) is 28.6 Å². The van der Waals surface area contributed by atoms with Gasteiger partial charge in [0.25, 0.3) is 5.91 Å². The van der Waals surface area contributed by atoms with Crippen LogP contribution in [0, 0.1) is 0 Å². The molecule has 11 heteroatoms. The van der Waals surface area contributed by atoms with E-state index < -0.39 is 27.9 Å². The number of rotatable bonds is 4. The number of alkyl halides is 3. The number of hydrogen-bond donors (Lipinski definition) is 1. The van der Waals surface area contributed by atoms with Gasteiger partial charge in [-0.1, -0.05) is 0 Å². The minimum absolute atomic E-state index is 0.0673. The van der Waals surface area contributed by atoms with Crippen LogP contribution in [0.15, 0.2) is 41.4 Å². The van der Waals surface area contributed by atoms with Crippen LogP contribution in [0.3, 0.4) is 0 Å². The minimum atomic E-state index is -4.82. The molecule has 1 aliphatic rings. The molecular formula is C15H15F3N4O3S. The smallest absolute Gasteiger partial charge is 0.321 e. The summed E-state index contributed by atoms with van der Waals surface area (Å²) in [5, 5.41) is 5.38. The molecule has 140 valence electrons. The molecule has 1 fully saturated rings. The Morgan fingerprint density at radius 3 is 2.27 bits per heavy atom. The first-order chi connectivity index (χ1) is 12.2. The van der Waals surface area contributed by atoms with Gasteiger partial charge in [-0.05, 0) is 43.2 Å². The van der Waals surface area contributed by atoms with E-state index in [1.54, 1.807) is 0 Å². The van der Waals surface area contributed by atoms with Crippen LogP contribution >= 0.6 is 0 Å². The number of carbonyl (C=O) groups is 1. The highest BCUT2D eigenvalue weighted by Gasteiger charge is 2.35. The molecule has 26 heavy (non-hydrogen) atoms. The van der Waals surface area contributed by atoms with Gasteiger partial charge in [-0.15, -0.1) is 13.2 Å². The Kier molecular flexibility index (Phi) is 4.76. The molecule has 2 aromatic rings. The standard InChI is InChI=1S/C15H15F3N4O3S/c16-15(17,18)22-13(7-8-19-22)14(23)20-11-3-5-12(6-4-11)26(24,25)21-9-1-2-10-21/h3-8H,1-2,9-10H2,(H,20,23). The number of sulfonamides is 1. The molecule has 0 spiro atoms. The number of benzene rings is 1. The molecule has 2 heterocycles. The number of anilines is 1. The zero-order chi connectivity index (χ0) is 18.9. The maximum atomic E-state index is 12.8. The zero-order valence-corrected chi connectivity index (χ0v) is 14.2. The number of amides is 1. The first-order valence-corrected chi connectivity index (χ1v) is 9.16.